The number of carbonyl (C=O) groups excluding carboxylic acids is 2. The maximum atomic E-state index is 12.6. The molecule has 112 valence electrons. The molecule has 2 aromatic carbocycles. The van der Waals surface area contributed by atoms with Crippen molar-refractivity contribution in [3.63, 3.8) is 0 Å². The topological polar surface area (TPSA) is 61.8 Å². The van der Waals surface area contributed by atoms with Gasteiger partial charge in [0.15, 0.2) is 6.10 Å². The van der Waals surface area contributed by atoms with E-state index in [-0.39, 0.29) is 5.78 Å². The van der Waals surface area contributed by atoms with Gasteiger partial charge in [0.2, 0.25) is 11.9 Å². The molecule has 0 radical (unpaired) electrons. The van der Waals surface area contributed by atoms with E-state index < -0.39 is 18.4 Å². The maximum absolute atomic E-state index is 12.6. The van der Waals surface area contributed by atoms with Crippen LogP contribution in [0.4, 0.5) is 4.79 Å². The van der Waals surface area contributed by atoms with E-state index in [0.29, 0.717) is 11.3 Å². The number of hydrogen-bond acceptors (Lipinski definition) is 5. The second-order valence-electron chi connectivity index (χ2n) is 4.83. The summed E-state index contributed by atoms with van der Waals surface area (Å²) in [5.41, 5.74) is 1.16. The van der Waals surface area contributed by atoms with Crippen molar-refractivity contribution < 1.29 is 23.8 Å². The molecular formula is C17H14O5. The van der Waals surface area contributed by atoms with Gasteiger partial charge in [-0.25, -0.2) is 4.79 Å². The van der Waals surface area contributed by atoms with Crippen molar-refractivity contribution in [2.75, 3.05) is 7.11 Å². The van der Waals surface area contributed by atoms with Crippen LogP contribution in [0.25, 0.3) is 0 Å². The van der Waals surface area contributed by atoms with E-state index in [9.17, 15) is 9.59 Å². The average Bonchev–Trinajstić information content (AvgIpc) is 2.97. The van der Waals surface area contributed by atoms with Gasteiger partial charge in [-0.3, -0.25) is 4.79 Å². The Labute approximate surface area is 127 Å². The number of ketones is 1. The van der Waals surface area contributed by atoms with Gasteiger partial charge >= 0.3 is 6.16 Å². The number of Topliss-reactive ketones (excluding diaryl/α,β-unsaturated/α-hetero) is 1. The number of carbonyl (C=O) groups is 2. The second-order valence-corrected chi connectivity index (χ2v) is 4.83. The van der Waals surface area contributed by atoms with Crippen LogP contribution in [0.1, 0.15) is 22.0 Å². The van der Waals surface area contributed by atoms with Crippen LogP contribution in [-0.4, -0.2) is 25.2 Å². The Morgan fingerprint density at radius 2 is 1.68 bits per heavy atom. The van der Waals surface area contributed by atoms with Crippen LogP contribution >= 0.6 is 0 Å². The quantitative estimate of drug-likeness (QED) is 0.641. The summed E-state index contributed by atoms with van der Waals surface area (Å²) < 4.78 is 15.3. The average molecular weight is 298 g/mol. The van der Waals surface area contributed by atoms with Crippen LogP contribution in [-0.2, 0) is 9.47 Å². The zero-order valence-electron chi connectivity index (χ0n) is 11.9. The third-order valence-electron chi connectivity index (χ3n) is 3.48. The van der Waals surface area contributed by atoms with Crippen LogP contribution in [0, 0.1) is 0 Å². The Balaban J connectivity index is 1.87. The monoisotopic (exact) mass is 298 g/mol. The highest BCUT2D eigenvalue weighted by Gasteiger charge is 2.42. The molecule has 2 aromatic rings. The highest BCUT2D eigenvalue weighted by molar-refractivity contribution is 6.01. The number of ether oxygens (including phenoxy) is 3. The highest BCUT2D eigenvalue weighted by Crippen LogP contribution is 2.32. The van der Waals surface area contributed by atoms with E-state index in [1.54, 1.807) is 43.5 Å². The van der Waals surface area contributed by atoms with Gasteiger partial charge in [-0.2, -0.15) is 0 Å². The molecule has 0 amide bonds. The van der Waals surface area contributed by atoms with Gasteiger partial charge in [0.25, 0.3) is 0 Å². The SMILES string of the molecule is COc1ccc(C(=O)C2OC(=O)OC2c2ccccc2)cc1. The van der Waals surface area contributed by atoms with Crippen LogP contribution in [0.2, 0.25) is 0 Å². The smallest absolute Gasteiger partial charge is 0.497 e. The number of benzene rings is 2. The van der Waals surface area contributed by atoms with Gasteiger partial charge in [-0.05, 0) is 29.8 Å². The lowest BCUT2D eigenvalue weighted by Gasteiger charge is -2.14. The Morgan fingerprint density at radius 1 is 1.00 bits per heavy atom. The van der Waals surface area contributed by atoms with E-state index in [1.807, 2.05) is 18.2 Å². The first-order valence-corrected chi connectivity index (χ1v) is 6.79. The summed E-state index contributed by atoms with van der Waals surface area (Å²) >= 11 is 0. The summed E-state index contributed by atoms with van der Waals surface area (Å²) in [5, 5.41) is 0. The molecule has 1 saturated heterocycles. The van der Waals surface area contributed by atoms with Gasteiger partial charge < -0.3 is 14.2 Å². The van der Waals surface area contributed by atoms with Gasteiger partial charge in [-0.15, -0.1) is 0 Å². The Hall–Kier alpha value is -2.82. The zero-order chi connectivity index (χ0) is 15.5. The minimum absolute atomic E-state index is 0.303. The Bertz CT molecular complexity index is 678. The van der Waals surface area contributed by atoms with Crippen LogP contribution in [0.3, 0.4) is 0 Å². The molecule has 0 aliphatic carbocycles. The van der Waals surface area contributed by atoms with Crippen LogP contribution in [0.5, 0.6) is 5.75 Å². The van der Waals surface area contributed by atoms with Gasteiger partial charge in [0.1, 0.15) is 5.75 Å². The molecule has 0 saturated carbocycles. The zero-order valence-corrected chi connectivity index (χ0v) is 11.9. The van der Waals surface area contributed by atoms with Gasteiger partial charge in [-0.1, -0.05) is 30.3 Å². The van der Waals surface area contributed by atoms with E-state index >= 15 is 0 Å². The van der Waals surface area contributed by atoms with Crippen molar-refractivity contribution >= 4 is 11.9 Å². The second kappa shape index (κ2) is 5.89. The molecule has 0 spiro atoms. The number of methoxy groups -OCH3 is 1. The number of cyclic esters (lactones) is 2. The lowest BCUT2D eigenvalue weighted by atomic mass is 9.97. The molecule has 1 aliphatic heterocycles. The minimum Gasteiger partial charge on any atom is -0.497 e. The number of rotatable bonds is 4. The molecule has 22 heavy (non-hydrogen) atoms. The van der Waals surface area contributed by atoms with E-state index in [2.05, 4.69) is 0 Å². The van der Waals surface area contributed by atoms with Gasteiger partial charge in [0, 0.05) is 5.56 Å². The number of hydrogen-bond donors (Lipinski definition) is 0. The molecule has 5 heteroatoms. The lowest BCUT2D eigenvalue weighted by Crippen LogP contribution is -2.26. The minimum atomic E-state index is -0.983. The highest BCUT2D eigenvalue weighted by atomic mass is 16.8. The van der Waals surface area contributed by atoms with Crippen molar-refractivity contribution in [2.45, 2.75) is 12.2 Å². The van der Waals surface area contributed by atoms with E-state index in [1.165, 1.54) is 0 Å². The first-order chi connectivity index (χ1) is 10.7. The first-order valence-electron chi connectivity index (χ1n) is 6.79. The summed E-state index contributed by atoms with van der Waals surface area (Å²) in [4.78, 5) is 24.0. The van der Waals surface area contributed by atoms with Crippen molar-refractivity contribution in [1.29, 1.82) is 0 Å². The molecule has 1 aliphatic rings. The third kappa shape index (κ3) is 2.65. The fraction of sp³-hybridized carbons (Fsp3) is 0.176. The Kier molecular flexibility index (Phi) is 3.78. The molecule has 5 nitrogen and oxygen atoms in total. The summed E-state index contributed by atoms with van der Waals surface area (Å²) in [7, 11) is 1.55. The molecule has 3 rings (SSSR count). The van der Waals surface area contributed by atoms with Crippen LogP contribution in [0.15, 0.2) is 54.6 Å². The summed E-state index contributed by atoms with van der Waals surface area (Å²) in [6.45, 7) is 0. The molecule has 1 heterocycles. The van der Waals surface area contributed by atoms with E-state index in [0.717, 1.165) is 5.56 Å². The first kappa shape index (κ1) is 14.1. The van der Waals surface area contributed by atoms with Crippen molar-refractivity contribution in [1.82, 2.24) is 0 Å². The normalized spacial score (nSPS) is 20.1. The lowest BCUT2D eigenvalue weighted by molar-refractivity contribution is 0.0716. The molecule has 0 bridgehead atoms. The Morgan fingerprint density at radius 3 is 2.32 bits per heavy atom. The largest absolute Gasteiger partial charge is 0.509 e. The molecule has 0 N–H and O–H groups in total. The predicted octanol–water partition coefficient (Wildman–Crippen LogP) is 3.15. The van der Waals surface area contributed by atoms with Crippen LogP contribution < -0.4 is 4.74 Å². The predicted molar refractivity (Wildman–Crippen MR) is 77.9 cm³/mol. The summed E-state index contributed by atoms with van der Waals surface area (Å²) in [6, 6.07) is 15.7. The maximum Gasteiger partial charge on any atom is 0.509 e. The molecule has 1 fully saturated rings. The van der Waals surface area contributed by atoms with Gasteiger partial charge in [0.05, 0.1) is 7.11 Å². The molecule has 2 unspecified atom stereocenters. The summed E-state index contributed by atoms with van der Waals surface area (Å²) in [5.74, 6) is 0.346. The van der Waals surface area contributed by atoms with E-state index in [4.69, 9.17) is 14.2 Å². The molecular weight excluding hydrogens is 284 g/mol. The summed E-state index contributed by atoms with van der Waals surface area (Å²) in [6.07, 6.45) is -2.55. The molecule has 2 atom stereocenters. The molecule has 0 aromatic heterocycles. The fourth-order valence-electron chi connectivity index (χ4n) is 2.35. The fourth-order valence-corrected chi connectivity index (χ4v) is 2.35. The standard InChI is InChI=1S/C17H14O5/c1-20-13-9-7-11(8-10-13)14(18)16-15(21-17(19)22-16)12-5-3-2-4-6-12/h2-10,15-16H,1H3. The van der Waals surface area contributed by atoms with Crippen molar-refractivity contribution in [3.8, 4) is 5.75 Å². The third-order valence-corrected chi connectivity index (χ3v) is 3.48. The van der Waals surface area contributed by atoms with Crippen molar-refractivity contribution in [2.24, 2.45) is 0 Å². The van der Waals surface area contributed by atoms with Crippen molar-refractivity contribution in [3.05, 3.63) is 65.7 Å².